The molecule has 0 N–H and O–H groups in total. The minimum atomic E-state index is -0.762. The van der Waals surface area contributed by atoms with E-state index in [1.807, 2.05) is 0 Å². The number of carbonyl (C=O) groups is 3. The van der Waals surface area contributed by atoms with Gasteiger partial charge < -0.3 is 19.3 Å². The molecule has 1 saturated heterocycles. The van der Waals surface area contributed by atoms with Gasteiger partial charge in [0.05, 0.1) is 48.3 Å². The van der Waals surface area contributed by atoms with Gasteiger partial charge in [-0.15, -0.1) is 0 Å². The maximum Gasteiger partial charge on any atom is 0.338 e. The Kier molecular flexibility index (Phi) is 7.96. The number of aliphatic imine (C=N–C) groups is 1. The molecule has 0 saturated carbocycles. The molecular weight excluding hydrogens is 500 g/mol. The van der Waals surface area contributed by atoms with Gasteiger partial charge >= 0.3 is 11.9 Å². The molecule has 3 heterocycles. The Morgan fingerprint density at radius 3 is 2.78 bits per heavy atom. The molecule has 2 atom stereocenters. The molecule has 3 aliphatic heterocycles. The first-order chi connectivity index (χ1) is 17.7. The van der Waals surface area contributed by atoms with Crippen molar-refractivity contribution < 1.29 is 28.8 Å². The fourth-order valence-corrected chi connectivity index (χ4v) is 5.75. The largest absolute Gasteiger partial charge is 0.466 e. The Labute approximate surface area is 218 Å². The van der Waals surface area contributed by atoms with Crippen molar-refractivity contribution in [3.63, 3.8) is 0 Å². The van der Waals surface area contributed by atoms with E-state index < -0.39 is 16.9 Å². The van der Waals surface area contributed by atoms with Gasteiger partial charge in [-0.05, 0) is 37.7 Å². The van der Waals surface area contributed by atoms with Crippen LogP contribution in [0.25, 0.3) is 0 Å². The highest BCUT2D eigenvalue weighted by atomic mass is 32.2. The van der Waals surface area contributed by atoms with E-state index in [1.165, 1.54) is 31.0 Å². The number of rotatable bonds is 7. The van der Waals surface area contributed by atoms with Crippen LogP contribution in [-0.4, -0.2) is 64.5 Å². The molecule has 196 valence electrons. The maximum absolute atomic E-state index is 13.3. The lowest BCUT2D eigenvalue weighted by Gasteiger charge is -2.37. The summed E-state index contributed by atoms with van der Waals surface area (Å²) in [6.45, 7) is 4.56. The molecule has 0 bridgehead atoms. The number of likely N-dealkylation sites (tertiary alicyclic amines) is 1. The molecule has 0 aliphatic carbocycles. The summed E-state index contributed by atoms with van der Waals surface area (Å²) in [6.07, 6.45) is 1.39. The van der Waals surface area contributed by atoms with Crippen molar-refractivity contribution in [1.82, 2.24) is 9.80 Å². The molecule has 1 amide bonds. The summed E-state index contributed by atoms with van der Waals surface area (Å²) >= 11 is 1.32. The number of nitrogens with zero attached hydrogens (tertiary/aromatic N) is 4. The Morgan fingerprint density at radius 1 is 1.30 bits per heavy atom. The fraction of sp³-hybridized carbons (Fsp3) is 0.440. The Hall–Kier alpha value is -3.67. The third-order valence-corrected chi connectivity index (χ3v) is 7.42. The molecule has 1 aromatic carbocycles. The Balaban J connectivity index is 1.63. The van der Waals surface area contributed by atoms with Gasteiger partial charge in [-0.2, -0.15) is 0 Å². The van der Waals surface area contributed by atoms with Gasteiger partial charge in [-0.3, -0.25) is 19.7 Å². The molecule has 1 fully saturated rings. The van der Waals surface area contributed by atoms with Crippen molar-refractivity contribution in [2.75, 3.05) is 26.8 Å². The van der Waals surface area contributed by atoms with Crippen LogP contribution in [0.2, 0.25) is 0 Å². The van der Waals surface area contributed by atoms with Gasteiger partial charge in [-0.1, -0.05) is 23.9 Å². The van der Waals surface area contributed by atoms with E-state index in [2.05, 4.69) is 4.99 Å². The lowest BCUT2D eigenvalue weighted by molar-refractivity contribution is -0.384. The van der Waals surface area contributed by atoms with Crippen LogP contribution in [0.1, 0.15) is 44.7 Å². The number of amidine groups is 1. The van der Waals surface area contributed by atoms with Gasteiger partial charge in [0.25, 0.3) is 5.69 Å². The molecule has 11 nitrogen and oxygen atoms in total. The molecule has 0 spiro atoms. The van der Waals surface area contributed by atoms with Gasteiger partial charge in [-0.25, -0.2) is 9.79 Å². The number of thioether (sulfide) groups is 1. The van der Waals surface area contributed by atoms with Crippen LogP contribution >= 0.6 is 11.8 Å². The monoisotopic (exact) mass is 528 g/mol. The first kappa shape index (κ1) is 26.4. The smallest absolute Gasteiger partial charge is 0.338 e. The lowest BCUT2D eigenvalue weighted by atomic mass is 9.93. The summed E-state index contributed by atoms with van der Waals surface area (Å²) in [5, 5.41) is 13.8. The number of benzene rings is 1. The highest BCUT2D eigenvalue weighted by molar-refractivity contribution is 8.16. The molecular formula is C25H28N4O7S. The van der Waals surface area contributed by atoms with Crippen LogP contribution in [0, 0.1) is 16.0 Å². The van der Waals surface area contributed by atoms with E-state index in [4.69, 9.17) is 9.47 Å². The average molecular weight is 529 g/mol. The van der Waals surface area contributed by atoms with Crippen LogP contribution in [0.4, 0.5) is 5.69 Å². The average Bonchev–Trinajstić information content (AvgIpc) is 3.29. The molecule has 0 radical (unpaired) electrons. The summed E-state index contributed by atoms with van der Waals surface area (Å²) in [7, 11) is 1.27. The third-order valence-electron chi connectivity index (χ3n) is 6.53. The number of ether oxygens (including phenoxy) is 2. The number of hydrogen-bond acceptors (Lipinski definition) is 10. The van der Waals surface area contributed by atoms with E-state index in [-0.39, 0.29) is 35.5 Å². The number of fused-ring (bicyclic) bond motifs is 1. The molecule has 0 aromatic heterocycles. The number of methoxy groups -OCH3 is 1. The molecule has 3 aliphatic rings. The quantitative estimate of drug-likeness (QED) is 0.296. The zero-order chi connectivity index (χ0) is 26.7. The Bertz CT molecular complexity index is 1230. The van der Waals surface area contributed by atoms with E-state index in [9.17, 15) is 24.5 Å². The van der Waals surface area contributed by atoms with Gasteiger partial charge in [0, 0.05) is 30.9 Å². The van der Waals surface area contributed by atoms with E-state index in [0.717, 1.165) is 0 Å². The normalized spacial score (nSPS) is 21.2. The molecule has 37 heavy (non-hydrogen) atoms. The topological polar surface area (TPSA) is 132 Å². The summed E-state index contributed by atoms with van der Waals surface area (Å²) in [4.78, 5) is 57.4. The highest BCUT2D eigenvalue weighted by Crippen LogP contribution is 2.45. The summed E-state index contributed by atoms with van der Waals surface area (Å²) in [5.74, 6) is -1.42. The maximum atomic E-state index is 13.3. The second kappa shape index (κ2) is 11.2. The zero-order valence-corrected chi connectivity index (χ0v) is 21.7. The second-order valence-corrected chi connectivity index (χ2v) is 9.68. The summed E-state index contributed by atoms with van der Waals surface area (Å²) in [5.41, 5.74) is 1.68. The van der Waals surface area contributed by atoms with Crippen LogP contribution in [0.3, 0.4) is 0 Å². The molecule has 12 heteroatoms. The standard InChI is InChI=1S/C25H28N4O7S/c1-4-36-23(31)17-8-6-10-27(13-17)20(30)12-19-14-37-25-26-15(2)21(24(32)35-3)22(28(19)25)16-7-5-9-18(11-16)29(33)34/h5,7,9,11,14,17,22H,4,6,8,10,12-13H2,1-3H3. The van der Waals surface area contributed by atoms with Crippen molar-refractivity contribution in [2.45, 2.75) is 39.2 Å². The molecule has 2 unspecified atom stereocenters. The first-order valence-electron chi connectivity index (χ1n) is 12.0. The van der Waals surface area contributed by atoms with Gasteiger partial charge in [0.15, 0.2) is 5.17 Å². The third kappa shape index (κ3) is 5.38. The van der Waals surface area contributed by atoms with Crippen molar-refractivity contribution in [3.8, 4) is 0 Å². The van der Waals surface area contributed by atoms with Crippen LogP contribution in [0.5, 0.6) is 0 Å². The van der Waals surface area contributed by atoms with Crippen molar-refractivity contribution in [1.29, 1.82) is 0 Å². The number of piperidine rings is 1. The second-order valence-electron chi connectivity index (χ2n) is 8.84. The van der Waals surface area contributed by atoms with E-state index in [1.54, 1.807) is 41.2 Å². The van der Waals surface area contributed by atoms with Crippen molar-refractivity contribution in [2.24, 2.45) is 10.9 Å². The number of non-ortho nitro benzene ring substituents is 1. The zero-order valence-electron chi connectivity index (χ0n) is 20.8. The van der Waals surface area contributed by atoms with E-state index in [0.29, 0.717) is 54.7 Å². The number of esters is 2. The van der Waals surface area contributed by atoms with Gasteiger partial charge in [0.1, 0.15) is 0 Å². The highest BCUT2D eigenvalue weighted by Gasteiger charge is 2.42. The van der Waals surface area contributed by atoms with Crippen LogP contribution in [-0.2, 0) is 23.9 Å². The number of nitro benzene ring substituents is 1. The minimum Gasteiger partial charge on any atom is -0.466 e. The number of hydrogen-bond donors (Lipinski definition) is 0. The molecule has 1 aromatic rings. The number of carbonyl (C=O) groups excluding carboxylic acids is 3. The predicted molar refractivity (Wildman–Crippen MR) is 136 cm³/mol. The van der Waals surface area contributed by atoms with Crippen LogP contribution in [0.15, 0.2) is 51.6 Å². The van der Waals surface area contributed by atoms with Crippen molar-refractivity contribution >= 4 is 40.5 Å². The summed E-state index contributed by atoms with van der Waals surface area (Å²) < 4.78 is 10.2. The lowest BCUT2D eigenvalue weighted by Crippen LogP contribution is -2.44. The fourth-order valence-electron chi connectivity index (χ4n) is 4.79. The van der Waals surface area contributed by atoms with Crippen LogP contribution < -0.4 is 0 Å². The number of allylic oxidation sites excluding steroid dienone is 1. The summed E-state index contributed by atoms with van der Waals surface area (Å²) in [6, 6.07) is 5.30. The minimum absolute atomic E-state index is 0.0144. The predicted octanol–water partition coefficient (Wildman–Crippen LogP) is 3.53. The number of amides is 1. The first-order valence-corrected chi connectivity index (χ1v) is 12.8. The molecule has 4 rings (SSSR count). The van der Waals surface area contributed by atoms with E-state index >= 15 is 0 Å². The SMILES string of the molecule is CCOC(=O)C1CCCN(C(=O)CC2=CSC3=NC(C)=C(C(=O)OC)C(c4cccc([N+](=O)[O-])c4)N23)C1. The van der Waals surface area contributed by atoms with Gasteiger partial charge in [0.2, 0.25) is 5.91 Å². The van der Waals surface area contributed by atoms with Crippen molar-refractivity contribution in [3.05, 3.63) is 62.3 Å². The number of nitro groups is 1. The Morgan fingerprint density at radius 2 is 2.08 bits per heavy atom.